The van der Waals surface area contributed by atoms with Crippen molar-refractivity contribution in [2.24, 2.45) is 0 Å². The highest BCUT2D eigenvalue weighted by atomic mass is 32.2. The lowest BCUT2D eigenvalue weighted by Gasteiger charge is -2.44. The van der Waals surface area contributed by atoms with E-state index in [1.807, 2.05) is 12.3 Å². The number of hydrogen-bond acceptors (Lipinski definition) is 6. The fourth-order valence-corrected chi connectivity index (χ4v) is 6.01. The Bertz CT molecular complexity index is 1010. The molecule has 4 rings (SSSR count). The Balaban J connectivity index is 1.57. The number of ether oxygens (including phenoxy) is 3. The molecule has 1 aliphatic carbocycles. The maximum absolute atomic E-state index is 12.6. The van der Waals surface area contributed by atoms with Gasteiger partial charge in [0.25, 0.3) is 0 Å². The lowest BCUT2D eigenvalue weighted by molar-refractivity contribution is -0.121. The number of thioether (sulfide) groups is 1. The van der Waals surface area contributed by atoms with E-state index in [4.69, 9.17) is 14.2 Å². The number of benzene rings is 2. The van der Waals surface area contributed by atoms with E-state index < -0.39 is 0 Å². The second-order valence-electron chi connectivity index (χ2n) is 9.26. The second kappa shape index (κ2) is 11.5. The van der Waals surface area contributed by atoms with Crippen molar-refractivity contribution in [3.05, 3.63) is 71.8 Å². The third kappa shape index (κ3) is 5.37. The zero-order chi connectivity index (χ0) is 24.8. The van der Waals surface area contributed by atoms with E-state index in [1.165, 1.54) is 28.5 Å². The first-order valence-electron chi connectivity index (χ1n) is 12.1. The molecule has 188 valence electrons. The molecule has 1 spiro atoms. The highest BCUT2D eigenvalue weighted by molar-refractivity contribution is 7.99. The van der Waals surface area contributed by atoms with E-state index in [9.17, 15) is 4.79 Å². The largest absolute Gasteiger partial charge is 0.497 e. The summed E-state index contributed by atoms with van der Waals surface area (Å²) in [7, 11) is 3.36. The van der Waals surface area contributed by atoms with Gasteiger partial charge in [-0.15, -0.1) is 6.58 Å². The Morgan fingerprint density at radius 1 is 1.17 bits per heavy atom. The van der Waals surface area contributed by atoms with Crippen molar-refractivity contribution < 1.29 is 19.0 Å². The van der Waals surface area contributed by atoms with E-state index in [0.717, 1.165) is 44.0 Å². The molecule has 1 amide bonds. The normalized spacial score (nSPS) is 20.9. The van der Waals surface area contributed by atoms with Crippen molar-refractivity contribution in [1.82, 2.24) is 10.2 Å². The molecule has 2 aromatic rings. The number of nitrogens with one attached hydrogen (secondary N) is 1. The molecule has 0 saturated carbocycles. The van der Waals surface area contributed by atoms with E-state index in [-0.39, 0.29) is 23.5 Å². The summed E-state index contributed by atoms with van der Waals surface area (Å²) in [6.07, 6.45) is 5.54. The maximum Gasteiger partial charge on any atom is 0.230 e. The summed E-state index contributed by atoms with van der Waals surface area (Å²) in [6, 6.07) is 14.4. The fourth-order valence-electron chi connectivity index (χ4n) is 5.66. The Morgan fingerprint density at radius 2 is 1.86 bits per heavy atom. The zero-order valence-electron chi connectivity index (χ0n) is 20.9. The minimum Gasteiger partial charge on any atom is -0.497 e. The number of methoxy groups -OCH3 is 2. The molecule has 1 saturated heterocycles. The molecule has 2 aliphatic rings. The number of amides is 1. The van der Waals surface area contributed by atoms with Crippen molar-refractivity contribution in [2.45, 2.75) is 36.9 Å². The smallest absolute Gasteiger partial charge is 0.230 e. The number of piperidine rings is 1. The molecule has 2 aromatic carbocycles. The highest BCUT2D eigenvalue weighted by Gasteiger charge is 2.54. The minimum absolute atomic E-state index is 0.0472. The van der Waals surface area contributed by atoms with Crippen LogP contribution in [0.4, 0.5) is 0 Å². The first-order valence-corrected chi connectivity index (χ1v) is 13.5. The molecule has 1 heterocycles. The summed E-state index contributed by atoms with van der Waals surface area (Å²) < 4.78 is 17.4. The van der Waals surface area contributed by atoms with Crippen molar-refractivity contribution >= 4 is 17.7 Å². The SMILES string of the molecule is C=CCO[C@H]1[C@H](NC(=O)CSC)c2ccccc2C12CCN(Cc1cc(OC)cc(OC)c1)CC2. The standard InChI is InChI=1S/C28H36N2O4S/c1-5-14-34-27-26(29-25(31)19-35-4)23-8-6-7-9-24(23)28(27)10-12-30(13-11-28)18-20-15-21(32-2)17-22(16-20)33-3/h5-9,15-17,26-27H,1,10-14,18-19H2,2-4H3,(H,29,31)/t26-,27+/m1/s1. The number of likely N-dealkylation sites (tertiary alicyclic amines) is 1. The van der Waals surface area contributed by atoms with Crippen molar-refractivity contribution in [3.8, 4) is 11.5 Å². The van der Waals surface area contributed by atoms with Crippen LogP contribution >= 0.6 is 11.8 Å². The highest BCUT2D eigenvalue weighted by Crippen LogP contribution is 2.52. The summed E-state index contributed by atoms with van der Waals surface area (Å²) in [4.78, 5) is 15.1. The number of fused-ring (bicyclic) bond motifs is 2. The van der Waals surface area contributed by atoms with Gasteiger partial charge < -0.3 is 19.5 Å². The van der Waals surface area contributed by atoms with Crippen LogP contribution in [0.15, 0.2) is 55.1 Å². The third-order valence-electron chi connectivity index (χ3n) is 7.23. The molecule has 1 fully saturated rings. The van der Waals surface area contributed by atoms with Gasteiger partial charge in [0.1, 0.15) is 11.5 Å². The molecule has 2 atom stereocenters. The molecule has 0 unspecified atom stereocenters. The summed E-state index contributed by atoms with van der Waals surface area (Å²) >= 11 is 1.53. The van der Waals surface area contributed by atoms with Crippen molar-refractivity contribution in [2.75, 3.05) is 45.9 Å². The van der Waals surface area contributed by atoms with Gasteiger partial charge in [0, 0.05) is 18.0 Å². The van der Waals surface area contributed by atoms with Crippen LogP contribution in [0.1, 0.15) is 35.6 Å². The van der Waals surface area contributed by atoms with Crippen molar-refractivity contribution in [3.63, 3.8) is 0 Å². The Hall–Kier alpha value is -2.48. The lowest BCUT2D eigenvalue weighted by Crippen LogP contribution is -2.50. The first kappa shape index (κ1) is 25.6. The monoisotopic (exact) mass is 496 g/mol. The lowest BCUT2D eigenvalue weighted by atomic mass is 9.71. The summed E-state index contributed by atoms with van der Waals surface area (Å²) in [6.45, 7) is 7.03. The predicted molar refractivity (Wildman–Crippen MR) is 141 cm³/mol. The molecular formula is C28H36N2O4S. The van der Waals surface area contributed by atoms with Crippen LogP contribution in [0.3, 0.4) is 0 Å². The molecule has 0 aromatic heterocycles. The Labute approximate surface area is 213 Å². The van der Waals surface area contributed by atoms with Gasteiger partial charge in [0.2, 0.25) is 5.91 Å². The van der Waals surface area contributed by atoms with Gasteiger partial charge in [0.15, 0.2) is 0 Å². The van der Waals surface area contributed by atoms with Crippen LogP contribution in [0.2, 0.25) is 0 Å². The van der Waals surface area contributed by atoms with E-state index in [1.54, 1.807) is 20.3 Å². The molecule has 0 radical (unpaired) electrons. The van der Waals surface area contributed by atoms with Crippen LogP contribution < -0.4 is 14.8 Å². The maximum atomic E-state index is 12.6. The molecule has 35 heavy (non-hydrogen) atoms. The van der Waals surface area contributed by atoms with Gasteiger partial charge in [-0.2, -0.15) is 11.8 Å². The van der Waals surface area contributed by atoms with Gasteiger partial charge >= 0.3 is 0 Å². The van der Waals surface area contributed by atoms with Gasteiger partial charge in [-0.05, 0) is 61.0 Å². The summed E-state index contributed by atoms with van der Waals surface area (Å²) in [5.41, 5.74) is 3.53. The molecule has 7 heteroatoms. The van der Waals surface area contributed by atoms with Gasteiger partial charge in [-0.25, -0.2) is 0 Å². The van der Waals surface area contributed by atoms with E-state index in [2.05, 4.69) is 53.2 Å². The summed E-state index contributed by atoms with van der Waals surface area (Å²) in [5.74, 6) is 2.10. The van der Waals surface area contributed by atoms with E-state index in [0.29, 0.717) is 12.4 Å². The Kier molecular flexibility index (Phi) is 8.42. The molecule has 6 nitrogen and oxygen atoms in total. The van der Waals surface area contributed by atoms with Crippen LogP contribution in [0, 0.1) is 0 Å². The number of carbonyl (C=O) groups excluding carboxylic acids is 1. The predicted octanol–water partition coefficient (Wildman–Crippen LogP) is 4.34. The average molecular weight is 497 g/mol. The number of nitrogens with zero attached hydrogens (tertiary/aromatic N) is 1. The number of carbonyl (C=O) groups is 1. The first-order chi connectivity index (χ1) is 17.0. The topological polar surface area (TPSA) is 60.0 Å². The molecule has 1 aliphatic heterocycles. The van der Waals surface area contributed by atoms with Crippen LogP contribution in [0.5, 0.6) is 11.5 Å². The average Bonchev–Trinajstić information content (AvgIpc) is 3.12. The van der Waals surface area contributed by atoms with Crippen LogP contribution in [-0.4, -0.2) is 62.8 Å². The second-order valence-corrected chi connectivity index (χ2v) is 10.1. The number of rotatable bonds is 10. The van der Waals surface area contributed by atoms with Crippen LogP contribution in [-0.2, 0) is 21.5 Å². The molecular weight excluding hydrogens is 460 g/mol. The van der Waals surface area contributed by atoms with Gasteiger partial charge in [-0.3, -0.25) is 9.69 Å². The number of hydrogen-bond donors (Lipinski definition) is 1. The Morgan fingerprint density at radius 3 is 2.49 bits per heavy atom. The van der Waals surface area contributed by atoms with E-state index >= 15 is 0 Å². The van der Waals surface area contributed by atoms with Gasteiger partial charge in [0.05, 0.1) is 38.7 Å². The minimum atomic E-state index is -0.153. The van der Waals surface area contributed by atoms with Crippen LogP contribution in [0.25, 0.3) is 0 Å². The third-order valence-corrected chi connectivity index (χ3v) is 7.78. The molecule has 0 bridgehead atoms. The quantitative estimate of drug-likeness (QED) is 0.494. The zero-order valence-corrected chi connectivity index (χ0v) is 21.7. The fraction of sp³-hybridized carbons (Fsp3) is 0.464. The summed E-state index contributed by atoms with van der Waals surface area (Å²) in [5, 5.41) is 3.28. The van der Waals surface area contributed by atoms with Crippen molar-refractivity contribution in [1.29, 1.82) is 0 Å². The molecule has 1 N–H and O–H groups in total. The van der Waals surface area contributed by atoms with Gasteiger partial charge in [-0.1, -0.05) is 30.3 Å².